The fourth-order valence-corrected chi connectivity index (χ4v) is 2.37. The van der Waals surface area contributed by atoms with Gasteiger partial charge in [0.15, 0.2) is 11.6 Å². The molecular weight excluding hydrogens is 316 g/mol. The lowest BCUT2D eigenvalue weighted by Gasteiger charge is -2.07. The number of hydrogen-bond acceptors (Lipinski definition) is 3. The van der Waals surface area contributed by atoms with Crippen molar-refractivity contribution < 1.29 is 4.52 Å². The normalized spacial score (nSPS) is 11.2. The van der Waals surface area contributed by atoms with Crippen molar-refractivity contribution in [2.24, 2.45) is 5.92 Å². The largest absolute Gasteiger partial charge is 0.381 e. The molecule has 0 spiro atoms. The lowest BCUT2D eigenvalue weighted by molar-refractivity contribution is 0.434. The molecule has 18 heavy (non-hydrogen) atoms. The molecule has 2 rings (SSSR count). The molecule has 1 heterocycles. The summed E-state index contributed by atoms with van der Waals surface area (Å²) in [4.78, 5) is 0. The van der Waals surface area contributed by atoms with Gasteiger partial charge in [-0.25, -0.2) is 0 Å². The fourth-order valence-electron chi connectivity index (χ4n) is 1.81. The molecule has 0 saturated heterocycles. The quantitative estimate of drug-likeness (QED) is 0.899. The second-order valence-corrected chi connectivity index (χ2v) is 5.92. The van der Waals surface area contributed by atoms with E-state index in [1.807, 2.05) is 18.2 Å². The Labute approximate surface area is 119 Å². The van der Waals surface area contributed by atoms with Crippen molar-refractivity contribution in [3.05, 3.63) is 33.3 Å². The highest BCUT2D eigenvalue weighted by Gasteiger charge is 2.19. The summed E-state index contributed by atoms with van der Waals surface area (Å²) < 4.78 is 6.28. The molecule has 0 radical (unpaired) electrons. The summed E-state index contributed by atoms with van der Waals surface area (Å²) in [5.74, 6) is 1.57. The van der Waals surface area contributed by atoms with E-state index in [2.05, 4.69) is 34.9 Å². The van der Waals surface area contributed by atoms with Gasteiger partial charge in [0.05, 0.1) is 5.02 Å². The van der Waals surface area contributed by atoms with Crippen LogP contribution in [-0.2, 0) is 6.42 Å². The first-order chi connectivity index (χ1) is 8.49. The number of benzene rings is 1. The molecule has 0 saturated carbocycles. The first kappa shape index (κ1) is 13.4. The van der Waals surface area contributed by atoms with Crippen molar-refractivity contribution in [2.75, 3.05) is 5.73 Å². The molecule has 0 unspecified atom stereocenters. The monoisotopic (exact) mass is 328 g/mol. The molecule has 96 valence electrons. The van der Waals surface area contributed by atoms with Gasteiger partial charge < -0.3 is 10.3 Å². The van der Waals surface area contributed by atoms with E-state index in [1.54, 1.807) is 0 Å². The van der Waals surface area contributed by atoms with Gasteiger partial charge in [-0.3, -0.25) is 0 Å². The van der Waals surface area contributed by atoms with Gasteiger partial charge in [-0.2, -0.15) is 0 Å². The topological polar surface area (TPSA) is 52.0 Å². The lowest BCUT2D eigenvalue weighted by atomic mass is 10.00. The molecule has 0 bridgehead atoms. The van der Waals surface area contributed by atoms with Crippen LogP contribution in [0.2, 0.25) is 5.02 Å². The maximum absolute atomic E-state index is 6.20. The third-order valence-corrected chi connectivity index (χ3v) is 3.43. The third kappa shape index (κ3) is 2.70. The second kappa shape index (κ2) is 5.33. The van der Waals surface area contributed by atoms with Gasteiger partial charge in [-0.15, -0.1) is 0 Å². The third-order valence-electron chi connectivity index (χ3n) is 2.60. The average molecular weight is 330 g/mol. The highest BCUT2D eigenvalue weighted by Crippen LogP contribution is 2.35. The minimum absolute atomic E-state index is 0.440. The molecule has 0 atom stereocenters. The Hall–Kier alpha value is -1.000. The SMILES string of the molecule is CC(C)Cc1c(N)noc1-c1cc(Br)ccc1Cl. The summed E-state index contributed by atoms with van der Waals surface area (Å²) in [6.07, 6.45) is 0.813. The number of halogens is 2. The molecule has 1 aromatic carbocycles. The minimum atomic E-state index is 0.440. The summed E-state index contributed by atoms with van der Waals surface area (Å²) in [7, 11) is 0. The van der Waals surface area contributed by atoms with E-state index in [1.165, 1.54) is 0 Å². The van der Waals surface area contributed by atoms with Crippen molar-refractivity contribution in [2.45, 2.75) is 20.3 Å². The molecule has 0 amide bonds. The van der Waals surface area contributed by atoms with Gasteiger partial charge in [0.1, 0.15) is 0 Å². The highest BCUT2D eigenvalue weighted by molar-refractivity contribution is 9.10. The first-order valence-corrected chi connectivity index (χ1v) is 6.85. The zero-order valence-corrected chi connectivity index (χ0v) is 12.5. The summed E-state index contributed by atoms with van der Waals surface area (Å²) in [5, 5.41) is 4.47. The molecule has 2 aromatic rings. The maximum Gasteiger partial charge on any atom is 0.173 e. The summed E-state index contributed by atoms with van der Waals surface area (Å²) in [6, 6.07) is 5.61. The van der Waals surface area contributed by atoms with E-state index in [-0.39, 0.29) is 0 Å². The van der Waals surface area contributed by atoms with Crippen LogP contribution in [0, 0.1) is 5.92 Å². The molecule has 1 aromatic heterocycles. The minimum Gasteiger partial charge on any atom is -0.381 e. The molecule has 3 nitrogen and oxygen atoms in total. The molecule has 0 aliphatic rings. The van der Waals surface area contributed by atoms with Crippen molar-refractivity contribution >= 4 is 33.3 Å². The summed E-state index contributed by atoms with van der Waals surface area (Å²) >= 11 is 9.62. The number of hydrogen-bond donors (Lipinski definition) is 1. The molecule has 0 aliphatic carbocycles. The molecule has 0 fully saturated rings. The van der Waals surface area contributed by atoms with E-state index in [0.717, 1.165) is 22.0 Å². The average Bonchev–Trinajstić information content (AvgIpc) is 2.64. The smallest absolute Gasteiger partial charge is 0.173 e. The second-order valence-electron chi connectivity index (χ2n) is 4.60. The summed E-state index contributed by atoms with van der Waals surface area (Å²) in [5.41, 5.74) is 7.59. The van der Waals surface area contributed by atoms with Crippen LogP contribution in [0.25, 0.3) is 11.3 Å². The Kier molecular flexibility index (Phi) is 3.97. The number of rotatable bonds is 3. The number of nitrogens with two attached hydrogens (primary N) is 1. The van der Waals surface area contributed by atoms with E-state index < -0.39 is 0 Å². The van der Waals surface area contributed by atoms with Gasteiger partial charge in [0, 0.05) is 15.6 Å². The Bertz CT molecular complexity index is 566. The number of nitrogen functional groups attached to an aromatic ring is 1. The summed E-state index contributed by atoms with van der Waals surface area (Å²) in [6.45, 7) is 4.25. The zero-order chi connectivity index (χ0) is 13.3. The van der Waals surface area contributed by atoms with Gasteiger partial charge >= 0.3 is 0 Å². The number of anilines is 1. The molecule has 2 N–H and O–H groups in total. The highest BCUT2D eigenvalue weighted by atomic mass is 79.9. The van der Waals surface area contributed by atoms with Gasteiger partial charge in [-0.1, -0.05) is 46.5 Å². The lowest BCUT2D eigenvalue weighted by Crippen LogP contribution is -1.99. The van der Waals surface area contributed by atoms with E-state index in [0.29, 0.717) is 22.5 Å². The van der Waals surface area contributed by atoms with Crippen LogP contribution in [0.4, 0.5) is 5.82 Å². The van der Waals surface area contributed by atoms with Crippen LogP contribution in [0.5, 0.6) is 0 Å². The first-order valence-electron chi connectivity index (χ1n) is 5.68. The Balaban J connectivity index is 2.53. The van der Waals surface area contributed by atoms with E-state index >= 15 is 0 Å². The predicted molar refractivity (Wildman–Crippen MR) is 77.6 cm³/mol. The van der Waals surface area contributed by atoms with Gasteiger partial charge in [0.25, 0.3) is 0 Å². The van der Waals surface area contributed by atoms with Crippen molar-refractivity contribution in [3.8, 4) is 11.3 Å². The van der Waals surface area contributed by atoms with Crippen LogP contribution in [-0.4, -0.2) is 5.16 Å². The Morgan fingerprint density at radius 1 is 1.44 bits per heavy atom. The van der Waals surface area contributed by atoms with Crippen molar-refractivity contribution in [3.63, 3.8) is 0 Å². The fraction of sp³-hybridized carbons (Fsp3) is 0.308. The number of aromatic nitrogens is 1. The van der Waals surface area contributed by atoms with Crippen LogP contribution in [0.3, 0.4) is 0 Å². The number of nitrogens with zero attached hydrogens (tertiary/aromatic N) is 1. The standard InChI is InChI=1S/C13H14BrClN2O/c1-7(2)5-10-12(18-17-13(10)16)9-6-8(14)3-4-11(9)15/h3-4,6-7H,5H2,1-2H3,(H2,16,17). The molecule has 0 aliphatic heterocycles. The van der Waals surface area contributed by atoms with Gasteiger partial charge in [-0.05, 0) is 30.5 Å². The van der Waals surface area contributed by atoms with Crippen molar-refractivity contribution in [1.82, 2.24) is 5.16 Å². The predicted octanol–water partition coefficient (Wildman–Crippen LogP) is 4.54. The van der Waals surface area contributed by atoms with E-state index in [9.17, 15) is 0 Å². The van der Waals surface area contributed by atoms with Crippen LogP contribution in [0.15, 0.2) is 27.2 Å². The van der Waals surface area contributed by atoms with E-state index in [4.69, 9.17) is 21.9 Å². The molecule has 5 heteroatoms. The van der Waals surface area contributed by atoms with Gasteiger partial charge in [0.2, 0.25) is 0 Å². The Morgan fingerprint density at radius 3 is 2.83 bits per heavy atom. The van der Waals surface area contributed by atoms with Crippen molar-refractivity contribution in [1.29, 1.82) is 0 Å². The zero-order valence-electron chi connectivity index (χ0n) is 10.2. The Morgan fingerprint density at radius 2 is 2.17 bits per heavy atom. The molecular formula is C13H14BrClN2O. The maximum atomic E-state index is 6.20. The van der Waals surface area contributed by atoms with Crippen LogP contribution < -0.4 is 5.73 Å². The van der Waals surface area contributed by atoms with Crippen LogP contribution >= 0.6 is 27.5 Å². The van der Waals surface area contributed by atoms with Crippen LogP contribution in [0.1, 0.15) is 19.4 Å².